The van der Waals surface area contributed by atoms with Gasteiger partial charge in [0.05, 0.1) is 0 Å². The molecule has 0 bridgehead atoms. The van der Waals surface area contributed by atoms with Crippen molar-refractivity contribution in [3.8, 4) is 0 Å². The van der Waals surface area contributed by atoms with E-state index in [0.29, 0.717) is 17.8 Å². The van der Waals surface area contributed by atoms with E-state index in [0.717, 1.165) is 36.7 Å². The first-order chi connectivity index (χ1) is 15.6. The van der Waals surface area contributed by atoms with Crippen LogP contribution in [0.1, 0.15) is 41.6 Å². The summed E-state index contributed by atoms with van der Waals surface area (Å²) in [4.78, 5) is 43.6. The zero-order valence-corrected chi connectivity index (χ0v) is 18.6. The number of amides is 3. The number of thioether (sulfide) groups is 1. The highest BCUT2D eigenvalue weighted by molar-refractivity contribution is 8.15. The van der Waals surface area contributed by atoms with Gasteiger partial charge in [0.25, 0.3) is 11.8 Å². The summed E-state index contributed by atoms with van der Waals surface area (Å²) >= 11 is 1.38. The third kappa shape index (κ3) is 5.76. The summed E-state index contributed by atoms with van der Waals surface area (Å²) in [5.74, 6) is -0.737. The number of hydrogen-bond acceptors (Lipinski definition) is 5. The molecule has 2 aliphatic heterocycles. The lowest BCUT2D eigenvalue weighted by molar-refractivity contribution is -0.121. The largest absolute Gasteiger partial charge is 0.351 e. The second-order valence-electron chi connectivity index (χ2n) is 7.89. The number of hydrogen-bond donors (Lipinski definition) is 2. The topological polar surface area (TPSA) is 90.9 Å². The Kier molecular flexibility index (Phi) is 7.21. The first-order valence-electron chi connectivity index (χ1n) is 10.8. The van der Waals surface area contributed by atoms with Crippen molar-refractivity contribution in [1.29, 1.82) is 0 Å². The van der Waals surface area contributed by atoms with Crippen LogP contribution in [0.3, 0.4) is 0 Å². The maximum Gasteiger partial charge on any atom is 0.262 e. The monoisotopic (exact) mass is 450 g/mol. The van der Waals surface area contributed by atoms with E-state index in [9.17, 15) is 14.4 Å². The molecular formula is C24H26N4O3S. The number of carbonyl (C=O) groups is 3. The second kappa shape index (κ2) is 10.5. The number of nitrogens with one attached hydrogen (secondary N) is 2. The number of carbonyl (C=O) groups excluding carboxylic acids is 3. The van der Waals surface area contributed by atoms with Crippen LogP contribution in [0, 0.1) is 0 Å². The Bertz CT molecular complexity index is 1020. The summed E-state index contributed by atoms with van der Waals surface area (Å²) < 4.78 is 0. The molecule has 0 aliphatic carbocycles. The third-order valence-electron chi connectivity index (χ3n) is 5.43. The molecule has 3 amide bonds. The molecule has 8 heteroatoms. The molecule has 1 atom stereocenters. The van der Waals surface area contributed by atoms with Crippen LogP contribution < -0.4 is 10.6 Å². The Morgan fingerprint density at radius 3 is 2.59 bits per heavy atom. The molecule has 0 unspecified atom stereocenters. The van der Waals surface area contributed by atoms with E-state index in [1.54, 1.807) is 24.3 Å². The number of benzene rings is 2. The van der Waals surface area contributed by atoms with E-state index in [-0.39, 0.29) is 24.1 Å². The molecule has 0 aromatic heterocycles. The molecule has 0 spiro atoms. The fourth-order valence-electron chi connectivity index (χ4n) is 3.73. The number of rotatable bonds is 6. The smallest absolute Gasteiger partial charge is 0.262 e. The number of nitrogens with zero attached hydrogens (tertiary/aromatic N) is 2. The van der Waals surface area contributed by atoms with Gasteiger partial charge in [-0.1, -0.05) is 48.2 Å². The predicted octanol–water partition coefficient (Wildman–Crippen LogP) is 3.43. The summed E-state index contributed by atoms with van der Waals surface area (Å²) in [7, 11) is 0. The van der Waals surface area contributed by atoms with Gasteiger partial charge in [0.15, 0.2) is 5.17 Å². The molecule has 1 saturated heterocycles. The molecule has 2 N–H and O–H groups in total. The second-order valence-corrected chi connectivity index (χ2v) is 9.06. The number of piperidine rings is 1. The molecule has 7 nitrogen and oxygen atoms in total. The van der Waals surface area contributed by atoms with Crippen molar-refractivity contribution in [1.82, 2.24) is 10.2 Å². The number of aliphatic imine (C=N–C) groups is 1. The van der Waals surface area contributed by atoms with Crippen LogP contribution in [-0.4, -0.2) is 46.1 Å². The highest BCUT2D eigenvalue weighted by Gasteiger charge is 2.33. The van der Waals surface area contributed by atoms with Gasteiger partial charge >= 0.3 is 0 Å². The van der Waals surface area contributed by atoms with Crippen LogP contribution in [0.5, 0.6) is 0 Å². The van der Waals surface area contributed by atoms with Crippen molar-refractivity contribution in [2.24, 2.45) is 4.99 Å². The molecule has 2 aromatic rings. The summed E-state index contributed by atoms with van der Waals surface area (Å²) in [5.41, 5.74) is 1.99. The first kappa shape index (κ1) is 22.1. The molecule has 2 aromatic carbocycles. The lowest BCUT2D eigenvalue weighted by Crippen LogP contribution is -2.33. The van der Waals surface area contributed by atoms with E-state index in [2.05, 4.69) is 20.5 Å². The lowest BCUT2D eigenvalue weighted by atomic mass is 10.1. The van der Waals surface area contributed by atoms with Crippen molar-refractivity contribution in [3.05, 3.63) is 65.7 Å². The molecule has 0 radical (unpaired) electrons. The zero-order valence-electron chi connectivity index (χ0n) is 17.8. The first-order valence-corrected chi connectivity index (χ1v) is 11.7. The van der Waals surface area contributed by atoms with E-state index >= 15 is 0 Å². The molecule has 2 aliphatic rings. The summed E-state index contributed by atoms with van der Waals surface area (Å²) in [6.07, 6.45) is 3.47. The van der Waals surface area contributed by atoms with Crippen molar-refractivity contribution in [2.75, 3.05) is 18.4 Å². The van der Waals surface area contributed by atoms with Gasteiger partial charge in [0.1, 0.15) is 5.25 Å². The minimum atomic E-state index is -0.496. The van der Waals surface area contributed by atoms with Gasteiger partial charge in [-0.15, -0.1) is 0 Å². The third-order valence-corrected chi connectivity index (χ3v) is 6.64. The Labute approximate surface area is 191 Å². The van der Waals surface area contributed by atoms with Gasteiger partial charge in [-0.2, -0.15) is 4.99 Å². The van der Waals surface area contributed by atoms with E-state index in [1.165, 1.54) is 18.2 Å². The van der Waals surface area contributed by atoms with Crippen LogP contribution in [-0.2, 0) is 16.1 Å². The van der Waals surface area contributed by atoms with Crippen LogP contribution in [0.25, 0.3) is 0 Å². The van der Waals surface area contributed by atoms with Gasteiger partial charge in [-0.25, -0.2) is 0 Å². The van der Waals surface area contributed by atoms with E-state index < -0.39 is 5.25 Å². The molecule has 166 valence electrons. The minimum Gasteiger partial charge on any atom is -0.351 e. The Hall–Kier alpha value is -3.13. The molecule has 2 heterocycles. The molecule has 4 rings (SSSR count). The molecule has 1 fully saturated rings. The highest BCUT2D eigenvalue weighted by atomic mass is 32.2. The van der Waals surface area contributed by atoms with Crippen LogP contribution >= 0.6 is 11.8 Å². The lowest BCUT2D eigenvalue weighted by Gasteiger charge is -2.27. The molecule has 32 heavy (non-hydrogen) atoms. The van der Waals surface area contributed by atoms with Gasteiger partial charge in [0.2, 0.25) is 5.91 Å². The summed E-state index contributed by atoms with van der Waals surface area (Å²) in [6, 6.07) is 16.4. The number of anilines is 1. The van der Waals surface area contributed by atoms with Gasteiger partial charge < -0.3 is 15.5 Å². The fraction of sp³-hybridized carbons (Fsp3) is 0.333. The van der Waals surface area contributed by atoms with Crippen molar-refractivity contribution in [2.45, 2.75) is 37.5 Å². The predicted molar refractivity (Wildman–Crippen MR) is 127 cm³/mol. The maximum absolute atomic E-state index is 12.5. The summed E-state index contributed by atoms with van der Waals surface area (Å²) in [5, 5.41) is 5.92. The highest BCUT2D eigenvalue weighted by Crippen LogP contribution is 2.29. The fourth-order valence-corrected chi connectivity index (χ4v) is 4.85. The normalized spacial score (nSPS) is 18.2. The molecule has 0 saturated carbocycles. The van der Waals surface area contributed by atoms with Crippen molar-refractivity contribution < 1.29 is 14.4 Å². The van der Waals surface area contributed by atoms with Gasteiger partial charge in [-0.05, 0) is 43.0 Å². The number of likely N-dealkylation sites (tertiary alicyclic amines) is 1. The van der Waals surface area contributed by atoms with Gasteiger partial charge in [0, 0.05) is 37.3 Å². The Morgan fingerprint density at radius 1 is 1.03 bits per heavy atom. The molecular weight excluding hydrogens is 424 g/mol. The van der Waals surface area contributed by atoms with Gasteiger partial charge in [-0.3, -0.25) is 14.4 Å². The zero-order chi connectivity index (χ0) is 22.3. The average molecular weight is 451 g/mol. The number of amidine groups is 1. The Morgan fingerprint density at radius 2 is 1.81 bits per heavy atom. The summed E-state index contributed by atoms with van der Waals surface area (Å²) in [6.45, 7) is 2.25. The standard InChI is InChI=1S/C24H26N4O3S/c29-21(15-20-23(31)27-24(32-20)28-12-5-2-6-13-28)26-19-11-7-10-18(14-19)22(30)25-16-17-8-3-1-4-9-17/h1,3-4,7-11,14,20H,2,5-6,12-13,15-16H2,(H,25,30)(H,26,29)/t20-/m1/s1. The quantitative estimate of drug-likeness (QED) is 0.704. The average Bonchev–Trinajstić information content (AvgIpc) is 3.19. The van der Waals surface area contributed by atoms with E-state index in [1.807, 2.05) is 30.3 Å². The van der Waals surface area contributed by atoms with Crippen LogP contribution in [0.4, 0.5) is 5.69 Å². The SMILES string of the molecule is O=C(C[C@H]1SC(N2CCCCC2)=NC1=O)Nc1cccc(C(=O)NCc2ccccc2)c1. The van der Waals surface area contributed by atoms with Crippen molar-refractivity contribution >= 4 is 40.3 Å². The van der Waals surface area contributed by atoms with Crippen LogP contribution in [0.2, 0.25) is 0 Å². The van der Waals surface area contributed by atoms with Crippen molar-refractivity contribution in [3.63, 3.8) is 0 Å². The Balaban J connectivity index is 1.29. The van der Waals surface area contributed by atoms with E-state index in [4.69, 9.17) is 0 Å². The minimum absolute atomic E-state index is 0.0504. The maximum atomic E-state index is 12.5. The van der Waals surface area contributed by atoms with Crippen LogP contribution in [0.15, 0.2) is 59.6 Å².